The Kier molecular flexibility index (Phi) is 3.29. The van der Waals surface area contributed by atoms with Gasteiger partial charge in [0.1, 0.15) is 0 Å². The number of nitrogens with one attached hydrogen (secondary N) is 2. The van der Waals surface area contributed by atoms with E-state index < -0.39 is 0 Å². The molecule has 0 atom stereocenters. The fourth-order valence-electron chi connectivity index (χ4n) is 1.35. The molecule has 1 fully saturated rings. The van der Waals surface area contributed by atoms with Gasteiger partial charge in [-0.2, -0.15) is 0 Å². The topological polar surface area (TPSA) is 33.3 Å². The second kappa shape index (κ2) is 4.05. The molecule has 0 bridgehead atoms. The molecule has 0 spiro atoms. The molecule has 0 amide bonds. The quantitative estimate of drug-likeness (QED) is 0.637. The van der Waals surface area contributed by atoms with Crippen LogP contribution >= 0.6 is 12.2 Å². The Labute approximate surface area is 78.9 Å². The fraction of sp³-hybridized carbons (Fsp3) is 0.875. The van der Waals surface area contributed by atoms with Crippen LogP contribution in [0.1, 0.15) is 19.3 Å². The normalized spacial score (nSPS) is 19.5. The molecule has 4 heteroatoms. The lowest BCUT2D eigenvalue weighted by atomic mass is 9.80. The van der Waals surface area contributed by atoms with Gasteiger partial charge >= 0.3 is 0 Å². The minimum absolute atomic E-state index is 0.0565. The van der Waals surface area contributed by atoms with Crippen LogP contribution in [0, 0.1) is 0 Å². The summed E-state index contributed by atoms with van der Waals surface area (Å²) in [5.41, 5.74) is 0.0565. The lowest BCUT2D eigenvalue weighted by Gasteiger charge is -2.40. The Morgan fingerprint density at radius 1 is 1.58 bits per heavy atom. The van der Waals surface area contributed by atoms with Gasteiger partial charge in [0, 0.05) is 20.7 Å². The minimum Gasteiger partial charge on any atom is -0.376 e. The highest BCUT2D eigenvalue weighted by molar-refractivity contribution is 7.80. The van der Waals surface area contributed by atoms with E-state index in [0.29, 0.717) is 5.11 Å². The number of hydrogen-bond acceptors (Lipinski definition) is 2. The summed E-state index contributed by atoms with van der Waals surface area (Å²) in [5.74, 6) is 0. The second-order valence-electron chi connectivity index (χ2n) is 3.17. The van der Waals surface area contributed by atoms with Crippen molar-refractivity contribution in [1.82, 2.24) is 10.6 Å². The van der Waals surface area contributed by atoms with Gasteiger partial charge in [-0.1, -0.05) is 0 Å². The van der Waals surface area contributed by atoms with Gasteiger partial charge in [-0.05, 0) is 31.5 Å². The summed E-state index contributed by atoms with van der Waals surface area (Å²) in [4.78, 5) is 0. The molecule has 0 aliphatic heterocycles. The standard InChI is InChI=1S/C8H16N2OS/c1-9-7(12)10-6-8(11-2)4-3-5-8/h3-6H2,1-2H3,(H2,9,10,12). The van der Waals surface area contributed by atoms with Crippen molar-refractivity contribution in [2.75, 3.05) is 20.7 Å². The molecule has 1 aliphatic carbocycles. The van der Waals surface area contributed by atoms with Gasteiger partial charge in [-0.15, -0.1) is 0 Å². The van der Waals surface area contributed by atoms with Gasteiger partial charge in [0.05, 0.1) is 5.60 Å². The summed E-state index contributed by atoms with van der Waals surface area (Å²) < 4.78 is 5.42. The van der Waals surface area contributed by atoms with E-state index in [4.69, 9.17) is 17.0 Å². The fourth-order valence-corrected chi connectivity index (χ4v) is 1.43. The largest absolute Gasteiger partial charge is 0.376 e. The molecule has 0 aromatic carbocycles. The third-order valence-corrected chi connectivity index (χ3v) is 2.84. The van der Waals surface area contributed by atoms with Crippen molar-refractivity contribution in [3.05, 3.63) is 0 Å². The third-order valence-electron chi connectivity index (χ3n) is 2.50. The average Bonchev–Trinajstić information content (AvgIpc) is 2.03. The molecule has 1 aliphatic rings. The molecular formula is C8H16N2OS. The first-order chi connectivity index (χ1) is 5.72. The van der Waals surface area contributed by atoms with E-state index >= 15 is 0 Å². The van der Waals surface area contributed by atoms with E-state index in [1.165, 1.54) is 6.42 Å². The minimum atomic E-state index is 0.0565. The van der Waals surface area contributed by atoms with Crippen molar-refractivity contribution in [3.8, 4) is 0 Å². The Morgan fingerprint density at radius 3 is 2.58 bits per heavy atom. The smallest absolute Gasteiger partial charge is 0.166 e. The molecule has 1 saturated carbocycles. The molecule has 0 aromatic rings. The van der Waals surface area contributed by atoms with Crippen molar-refractivity contribution >= 4 is 17.3 Å². The van der Waals surface area contributed by atoms with Crippen LogP contribution in [0.2, 0.25) is 0 Å². The maximum Gasteiger partial charge on any atom is 0.166 e. The molecule has 1 rings (SSSR count). The molecule has 0 saturated heterocycles. The van der Waals surface area contributed by atoms with E-state index in [0.717, 1.165) is 19.4 Å². The molecule has 0 unspecified atom stereocenters. The summed E-state index contributed by atoms with van der Waals surface area (Å²) in [6.45, 7) is 0.823. The molecule has 0 radical (unpaired) electrons. The van der Waals surface area contributed by atoms with Gasteiger partial charge in [0.25, 0.3) is 0 Å². The van der Waals surface area contributed by atoms with Crippen LogP contribution in [0.4, 0.5) is 0 Å². The van der Waals surface area contributed by atoms with Gasteiger partial charge < -0.3 is 15.4 Å². The SMILES string of the molecule is CNC(=S)NCC1(OC)CCC1. The Balaban J connectivity index is 2.24. The van der Waals surface area contributed by atoms with Crippen LogP contribution in [-0.4, -0.2) is 31.4 Å². The van der Waals surface area contributed by atoms with Crippen LogP contribution in [0.25, 0.3) is 0 Å². The van der Waals surface area contributed by atoms with Crippen molar-refractivity contribution in [1.29, 1.82) is 0 Å². The van der Waals surface area contributed by atoms with Crippen LogP contribution in [0.15, 0.2) is 0 Å². The van der Waals surface area contributed by atoms with Gasteiger partial charge in [-0.3, -0.25) is 0 Å². The van der Waals surface area contributed by atoms with Crippen LogP contribution in [0.3, 0.4) is 0 Å². The van der Waals surface area contributed by atoms with Crippen molar-refractivity contribution in [3.63, 3.8) is 0 Å². The maximum atomic E-state index is 5.42. The number of ether oxygens (including phenoxy) is 1. The highest BCUT2D eigenvalue weighted by atomic mass is 32.1. The second-order valence-corrected chi connectivity index (χ2v) is 3.58. The van der Waals surface area contributed by atoms with Crippen molar-refractivity contribution < 1.29 is 4.74 Å². The van der Waals surface area contributed by atoms with Crippen molar-refractivity contribution in [2.45, 2.75) is 24.9 Å². The molecule has 70 valence electrons. The first-order valence-corrected chi connectivity index (χ1v) is 4.64. The first-order valence-electron chi connectivity index (χ1n) is 4.23. The summed E-state index contributed by atoms with van der Waals surface area (Å²) in [6, 6.07) is 0. The van der Waals surface area contributed by atoms with Crippen LogP contribution < -0.4 is 10.6 Å². The van der Waals surface area contributed by atoms with Crippen LogP contribution in [0.5, 0.6) is 0 Å². The predicted octanol–water partition coefficient (Wildman–Crippen LogP) is 0.649. The average molecular weight is 188 g/mol. The lowest BCUT2D eigenvalue weighted by Crippen LogP contribution is -2.50. The summed E-state index contributed by atoms with van der Waals surface area (Å²) in [5, 5.41) is 6.69. The van der Waals surface area contributed by atoms with Crippen LogP contribution in [-0.2, 0) is 4.74 Å². The predicted molar refractivity (Wildman–Crippen MR) is 53.3 cm³/mol. The van der Waals surface area contributed by atoms with Gasteiger partial charge in [-0.25, -0.2) is 0 Å². The number of methoxy groups -OCH3 is 1. The molecule has 12 heavy (non-hydrogen) atoms. The summed E-state index contributed by atoms with van der Waals surface area (Å²) in [6.07, 6.45) is 3.55. The highest BCUT2D eigenvalue weighted by Gasteiger charge is 2.36. The van der Waals surface area contributed by atoms with Gasteiger partial charge in [0.2, 0.25) is 0 Å². The van der Waals surface area contributed by atoms with Crippen molar-refractivity contribution in [2.24, 2.45) is 0 Å². The molecular weight excluding hydrogens is 172 g/mol. The van der Waals surface area contributed by atoms with E-state index in [9.17, 15) is 0 Å². The summed E-state index contributed by atoms with van der Waals surface area (Å²) >= 11 is 4.97. The molecule has 0 heterocycles. The zero-order valence-electron chi connectivity index (χ0n) is 7.64. The first kappa shape index (κ1) is 9.74. The van der Waals surface area contributed by atoms with E-state index in [1.807, 2.05) is 7.05 Å². The number of hydrogen-bond donors (Lipinski definition) is 2. The zero-order chi connectivity index (χ0) is 9.03. The van der Waals surface area contributed by atoms with E-state index in [2.05, 4.69) is 10.6 Å². The van der Waals surface area contributed by atoms with Gasteiger partial charge in [0.15, 0.2) is 5.11 Å². The Bertz CT molecular complexity index is 163. The molecule has 0 aromatic heterocycles. The van der Waals surface area contributed by atoms with E-state index in [1.54, 1.807) is 7.11 Å². The number of rotatable bonds is 3. The maximum absolute atomic E-state index is 5.42. The summed E-state index contributed by atoms with van der Waals surface area (Å²) in [7, 11) is 3.58. The third kappa shape index (κ3) is 2.08. The Hall–Kier alpha value is -0.350. The van der Waals surface area contributed by atoms with E-state index in [-0.39, 0.29) is 5.60 Å². The zero-order valence-corrected chi connectivity index (χ0v) is 8.46. The Morgan fingerprint density at radius 2 is 2.25 bits per heavy atom. The number of thiocarbonyl (C=S) groups is 1. The monoisotopic (exact) mass is 188 g/mol. The molecule has 2 N–H and O–H groups in total. The highest BCUT2D eigenvalue weighted by Crippen LogP contribution is 2.34. The lowest BCUT2D eigenvalue weighted by molar-refractivity contribution is -0.0665. The molecule has 3 nitrogen and oxygen atoms in total.